The maximum atomic E-state index is 5.35. The Balaban J connectivity index is 2.30. The van der Waals surface area contributed by atoms with Gasteiger partial charge in [-0.25, -0.2) is 0 Å². The molecule has 0 amide bonds. The molecule has 0 bridgehead atoms. The highest BCUT2D eigenvalue weighted by atomic mass is 16.5. The van der Waals surface area contributed by atoms with Crippen LogP contribution < -0.4 is 5.32 Å². The van der Waals surface area contributed by atoms with Gasteiger partial charge >= 0.3 is 0 Å². The molecule has 0 radical (unpaired) electrons. The smallest absolute Gasteiger partial charge is 0.0616 e. The van der Waals surface area contributed by atoms with Crippen LogP contribution in [0.25, 0.3) is 0 Å². The standard InChI is InChI=1S/C12H22N2O/c1-4-14-8-6-7-12(14)9-13-11(3)10-15-5-2/h6-8,11,13H,4-5,9-10H2,1-3H3. The highest BCUT2D eigenvalue weighted by Gasteiger charge is 2.03. The van der Waals surface area contributed by atoms with Gasteiger partial charge in [-0.15, -0.1) is 0 Å². The Bertz CT molecular complexity index is 270. The van der Waals surface area contributed by atoms with Crippen molar-refractivity contribution in [2.45, 2.75) is 39.9 Å². The van der Waals surface area contributed by atoms with Gasteiger partial charge in [0.1, 0.15) is 0 Å². The molecule has 0 aromatic carbocycles. The summed E-state index contributed by atoms with van der Waals surface area (Å²) in [6.45, 7) is 9.84. The largest absolute Gasteiger partial charge is 0.380 e. The van der Waals surface area contributed by atoms with E-state index in [1.165, 1.54) is 5.69 Å². The summed E-state index contributed by atoms with van der Waals surface area (Å²) in [7, 11) is 0. The van der Waals surface area contributed by atoms with Crippen molar-refractivity contribution in [1.82, 2.24) is 9.88 Å². The summed E-state index contributed by atoms with van der Waals surface area (Å²) >= 11 is 0. The summed E-state index contributed by atoms with van der Waals surface area (Å²) in [5, 5.41) is 3.45. The molecule has 0 aliphatic heterocycles. The van der Waals surface area contributed by atoms with Crippen molar-refractivity contribution in [3.05, 3.63) is 24.0 Å². The average Bonchev–Trinajstić information content (AvgIpc) is 2.70. The number of aromatic nitrogens is 1. The van der Waals surface area contributed by atoms with E-state index in [1.807, 2.05) is 6.92 Å². The topological polar surface area (TPSA) is 26.2 Å². The first-order valence-corrected chi connectivity index (χ1v) is 5.73. The molecule has 0 spiro atoms. The maximum absolute atomic E-state index is 5.35. The first-order chi connectivity index (χ1) is 7.27. The van der Waals surface area contributed by atoms with Gasteiger partial charge in [-0.3, -0.25) is 0 Å². The van der Waals surface area contributed by atoms with Crippen LogP contribution in [0.5, 0.6) is 0 Å². The Kier molecular flexibility index (Phi) is 5.43. The molecular weight excluding hydrogens is 188 g/mol. The molecule has 0 aliphatic rings. The number of nitrogens with one attached hydrogen (secondary N) is 1. The molecule has 3 nitrogen and oxygen atoms in total. The SMILES string of the molecule is CCOCC(C)NCc1cccn1CC. The normalized spacial score (nSPS) is 13.0. The van der Waals surface area contributed by atoms with Crippen molar-refractivity contribution in [2.24, 2.45) is 0 Å². The van der Waals surface area contributed by atoms with Gasteiger partial charge in [0.25, 0.3) is 0 Å². The van der Waals surface area contributed by atoms with Crippen molar-refractivity contribution in [3.63, 3.8) is 0 Å². The van der Waals surface area contributed by atoms with Crippen LogP contribution in [0.4, 0.5) is 0 Å². The zero-order valence-electron chi connectivity index (χ0n) is 9.99. The number of ether oxygens (including phenoxy) is 1. The number of aryl methyl sites for hydroxylation is 1. The van der Waals surface area contributed by atoms with Crippen molar-refractivity contribution < 1.29 is 4.74 Å². The molecule has 1 aromatic heterocycles. The summed E-state index contributed by atoms with van der Waals surface area (Å²) in [5.41, 5.74) is 1.33. The van der Waals surface area contributed by atoms with Crippen molar-refractivity contribution in [1.29, 1.82) is 0 Å². The second-order valence-corrected chi connectivity index (χ2v) is 3.73. The van der Waals surface area contributed by atoms with E-state index in [0.29, 0.717) is 6.04 Å². The van der Waals surface area contributed by atoms with Crippen LogP contribution in [0, 0.1) is 0 Å². The summed E-state index contributed by atoms with van der Waals surface area (Å²) in [5.74, 6) is 0. The zero-order chi connectivity index (χ0) is 11.1. The molecule has 86 valence electrons. The van der Waals surface area contributed by atoms with Gasteiger partial charge in [-0.05, 0) is 32.9 Å². The molecule has 0 aliphatic carbocycles. The van der Waals surface area contributed by atoms with Crippen LogP contribution in [0.3, 0.4) is 0 Å². The van der Waals surface area contributed by atoms with E-state index < -0.39 is 0 Å². The van der Waals surface area contributed by atoms with Gasteiger partial charge in [0.05, 0.1) is 6.61 Å². The Hall–Kier alpha value is -0.800. The lowest BCUT2D eigenvalue weighted by Crippen LogP contribution is -2.30. The van der Waals surface area contributed by atoms with Gasteiger partial charge < -0.3 is 14.6 Å². The third-order valence-corrected chi connectivity index (χ3v) is 2.47. The molecule has 1 rings (SSSR count). The van der Waals surface area contributed by atoms with Crippen molar-refractivity contribution >= 4 is 0 Å². The van der Waals surface area contributed by atoms with Crippen molar-refractivity contribution in [2.75, 3.05) is 13.2 Å². The van der Waals surface area contributed by atoms with Crippen LogP contribution in [-0.2, 0) is 17.8 Å². The first-order valence-electron chi connectivity index (χ1n) is 5.73. The molecule has 0 saturated heterocycles. The number of hydrogen-bond donors (Lipinski definition) is 1. The second-order valence-electron chi connectivity index (χ2n) is 3.73. The van der Waals surface area contributed by atoms with Gasteiger partial charge in [-0.2, -0.15) is 0 Å². The van der Waals surface area contributed by atoms with Crippen LogP contribution >= 0.6 is 0 Å². The van der Waals surface area contributed by atoms with E-state index in [0.717, 1.165) is 26.3 Å². The predicted molar refractivity (Wildman–Crippen MR) is 62.9 cm³/mol. The third kappa shape index (κ3) is 4.06. The van der Waals surface area contributed by atoms with Crippen LogP contribution in [0.15, 0.2) is 18.3 Å². The highest BCUT2D eigenvalue weighted by molar-refractivity contribution is 5.06. The monoisotopic (exact) mass is 210 g/mol. The lowest BCUT2D eigenvalue weighted by atomic mass is 10.3. The summed E-state index contributed by atoms with van der Waals surface area (Å²) < 4.78 is 7.60. The predicted octanol–water partition coefficient (Wildman–Crippen LogP) is 2.02. The quantitative estimate of drug-likeness (QED) is 0.745. The van der Waals surface area contributed by atoms with Crippen LogP contribution in [0.2, 0.25) is 0 Å². The summed E-state index contributed by atoms with van der Waals surface area (Å²) in [6, 6.07) is 4.66. The van der Waals surface area contributed by atoms with Gasteiger partial charge in [-0.1, -0.05) is 0 Å². The number of nitrogens with zero attached hydrogens (tertiary/aromatic N) is 1. The Morgan fingerprint density at radius 2 is 2.27 bits per heavy atom. The molecule has 0 saturated carbocycles. The van der Waals surface area contributed by atoms with Gasteiger partial charge in [0.15, 0.2) is 0 Å². The van der Waals surface area contributed by atoms with E-state index >= 15 is 0 Å². The van der Waals surface area contributed by atoms with E-state index in [2.05, 4.69) is 42.1 Å². The third-order valence-electron chi connectivity index (χ3n) is 2.47. The van der Waals surface area contributed by atoms with E-state index in [-0.39, 0.29) is 0 Å². The molecule has 0 fully saturated rings. The Morgan fingerprint density at radius 3 is 2.93 bits per heavy atom. The van der Waals surface area contributed by atoms with Crippen molar-refractivity contribution in [3.8, 4) is 0 Å². The minimum Gasteiger partial charge on any atom is -0.380 e. The highest BCUT2D eigenvalue weighted by Crippen LogP contribution is 2.02. The summed E-state index contributed by atoms with van der Waals surface area (Å²) in [6.07, 6.45) is 2.12. The molecule has 1 N–H and O–H groups in total. The second kappa shape index (κ2) is 6.64. The van der Waals surface area contributed by atoms with E-state index in [4.69, 9.17) is 4.74 Å². The van der Waals surface area contributed by atoms with Crippen LogP contribution in [-0.4, -0.2) is 23.8 Å². The summed E-state index contributed by atoms with van der Waals surface area (Å²) in [4.78, 5) is 0. The Morgan fingerprint density at radius 1 is 1.47 bits per heavy atom. The Labute approximate surface area is 92.4 Å². The zero-order valence-corrected chi connectivity index (χ0v) is 9.99. The fourth-order valence-electron chi connectivity index (χ4n) is 1.55. The molecule has 1 aromatic rings. The van der Waals surface area contributed by atoms with Gasteiger partial charge in [0.2, 0.25) is 0 Å². The van der Waals surface area contributed by atoms with E-state index in [1.54, 1.807) is 0 Å². The minimum absolute atomic E-state index is 0.408. The molecule has 15 heavy (non-hydrogen) atoms. The fourth-order valence-corrected chi connectivity index (χ4v) is 1.55. The number of rotatable bonds is 7. The van der Waals surface area contributed by atoms with E-state index in [9.17, 15) is 0 Å². The molecule has 1 atom stereocenters. The lowest BCUT2D eigenvalue weighted by Gasteiger charge is -2.14. The fraction of sp³-hybridized carbons (Fsp3) is 0.667. The lowest BCUT2D eigenvalue weighted by molar-refractivity contribution is 0.127. The molecular formula is C12H22N2O. The molecule has 3 heteroatoms. The number of hydrogen-bond acceptors (Lipinski definition) is 2. The molecule has 1 heterocycles. The van der Waals surface area contributed by atoms with Crippen LogP contribution in [0.1, 0.15) is 26.5 Å². The first kappa shape index (κ1) is 12.3. The van der Waals surface area contributed by atoms with Gasteiger partial charge in [0, 0.05) is 37.6 Å². The molecule has 1 unspecified atom stereocenters. The maximum Gasteiger partial charge on any atom is 0.0616 e. The average molecular weight is 210 g/mol. The minimum atomic E-state index is 0.408.